The SMILES string of the molecule is C=C(CCNC(=O)COc1ccc(Cl)c(F)c1)NC(=O)c1cnc(C)nc1. The maximum absolute atomic E-state index is 13.3. The molecule has 0 aliphatic carbocycles. The van der Waals surface area contributed by atoms with Crippen LogP contribution >= 0.6 is 11.6 Å². The summed E-state index contributed by atoms with van der Waals surface area (Å²) < 4.78 is 18.5. The Balaban J connectivity index is 1.68. The Kier molecular flexibility index (Phi) is 7.25. The first kappa shape index (κ1) is 20.3. The second kappa shape index (κ2) is 9.63. The molecule has 0 bridgehead atoms. The molecule has 2 aromatic rings. The summed E-state index contributed by atoms with van der Waals surface area (Å²) in [6, 6.07) is 3.91. The first-order valence-corrected chi connectivity index (χ1v) is 8.35. The van der Waals surface area contributed by atoms with Gasteiger partial charge in [0.1, 0.15) is 17.4 Å². The molecule has 1 aromatic carbocycles. The summed E-state index contributed by atoms with van der Waals surface area (Å²) in [6.07, 6.45) is 3.17. The molecule has 0 fully saturated rings. The number of carbonyl (C=O) groups excluding carboxylic acids is 2. The summed E-state index contributed by atoms with van der Waals surface area (Å²) >= 11 is 5.57. The smallest absolute Gasteiger partial charge is 0.258 e. The lowest BCUT2D eigenvalue weighted by Gasteiger charge is -2.10. The van der Waals surface area contributed by atoms with Crippen molar-refractivity contribution in [1.82, 2.24) is 20.6 Å². The van der Waals surface area contributed by atoms with Crippen molar-refractivity contribution in [2.45, 2.75) is 13.3 Å². The fraction of sp³-hybridized carbons (Fsp3) is 0.222. The van der Waals surface area contributed by atoms with E-state index in [0.29, 0.717) is 23.5 Å². The molecule has 0 aliphatic rings. The minimum atomic E-state index is -0.624. The van der Waals surface area contributed by atoms with Gasteiger partial charge in [0.15, 0.2) is 6.61 Å². The zero-order valence-corrected chi connectivity index (χ0v) is 15.3. The number of aryl methyl sites for hydroxylation is 1. The van der Waals surface area contributed by atoms with Gasteiger partial charge in [-0.15, -0.1) is 0 Å². The van der Waals surface area contributed by atoms with Crippen molar-refractivity contribution in [1.29, 1.82) is 0 Å². The first-order valence-electron chi connectivity index (χ1n) is 7.97. The molecule has 0 saturated heterocycles. The zero-order valence-electron chi connectivity index (χ0n) is 14.6. The molecule has 142 valence electrons. The summed E-state index contributed by atoms with van der Waals surface area (Å²) in [6.45, 7) is 5.43. The second-order valence-corrected chi connectivity index (χ2v) is 5.95. The van der Waals surface area contributed by atoms with Crippen molar-refractivity contribution in [3.8, 4) is 5.75 Å². The van der Waals surface area contributed by atoms with Crippen LogP contribution in [0.5, 0.6) is 5.75 Å². The van der Waals surface area contributed by atoms with E-state index in [4.69, 9.17) is 16.3 Å². The Hall–Kier alpha value is -3.00. The number of ether oxygens (including phenoxy) is 1. The van der Waals surface area contributed by atoms with E-state index in [9.17, 15) is 14.0 Å². The van der Waals surface area contributed by atoms with Crippen LogP contribution in [0.2, 0.25) is 5.02 Å². The fourth-order valence-electron chi connectivity index (χ4n) is 1.92. The molecule has 0 radical (unpaired) electrons. The van der Waals surface area contributed by atoms with Crippen LogP contribution in [0, 0.1) is 12.7 Å². The number of aromatic nitrogens is 2. The van der Waals surface area contributed by atoms with E-state index < -0.39 is 11.7 Å². The van der Waals surface area contributed by atoms with Gasteiger partial charge in [-0.1, -0.05) is 18.2 Å². The average Bonchev–Trinajstić information content (AvgIpc) is 2.63. The zero-order chi connectivity index (χ0) is 19.8. The molecular formula is C18H18ClFN4O3. The second-order valence-electron chi connectivity index (χ2n) is 5.54. The molecule has 9 heteroatoms. The molecular weight excluding hydrogens is 375 g/mol. The van der Waals surface area contributed by atoms with Crippen molar-refractivity contribution in [2.24, 2.45) is 0 Å². The standard InChI is InChI=1S/C18H18ClFN4O3/c1-11(24-18(26)13-8-22-12(2)23-9-13)5-6-21-17(25)10-27-14-3-4-15(19)16(20)7-14/h3-4,7-9H,1,5-6,10H2,2H3,(H,21,25)(H,24,26). The molecule has 2 N–H and O–H groups in total. The third-order valence-electron chi connectivity index (χ3n) is 3.34. The van der Waals surface area contributed by atoms with E-state index >= 15 is 0 Å². The van der Waals surface area contributed by atoms with Gasteiger partial charge in [-0.3, -0.25) is 9.59 Å². The highest BCUT2D eigenvalue weighted by atomic mass is 35.5. The van der Waals surface area contributed by atoms with Gasteiger partial charge in [0, 0.05) is 37.1 Å². The van der Waals surface area contributed by atoms with Crippen LogP contribution in [-0.4, -0.2) is 34.9 Å². The summed E-state index contributed by atoms with van der Waals surface area (Å²) in [5, 5.41) is 5.19. The van der Waals surface area contributed by atoms with Crippen molar-refractivity contribution >= 4 is 23.4 Å². The third kappa shape index (κ3) is 6.67. The van der Waals surface area contributed by atoms with Gasteiger partial charge in [0.2, 0.25) is 0 Å². The summed E-state index contributed by atoms with van der Waals surface area (Å²) in [5.74, 6) is -0.628. The largest absolute Gasteiger partial charge is 0.484 e. The van der Waals surface area contributed by atoms with Gasteiger partial charge in [0.25, 0.3) is 11.8 Å². The molecule has 2 amide bonds. The van der Waals surface area contributed by atoms with Crippen molar-refractivity contribution in [3.63, 3.8) is 0 Å². The van der Waals surface area contributed by atoms with Gasteiger partial charge in [-0.25, -0.2) is 14.4 Å². The van der Waals surface area contributed by atoms with Crippen LogP contribution < -0.4 is 15.4 Å². The predicted molar refractivity (Wildman–Crippen MR) is 97.9 cm³/mol. The Bertz CT molecular complexity index is 843. The summed E-state index contributed by atoms with van der Waals surface area (Å²) in [7, 11) is 0. The molecule has 0 aliphatic heterocycles. The number of hydrogen-bond donors (Lipinski definition) is 2. The van der Waals surface area contributed by atoms with E-state index in [1.807, 2.05) is 0 Å². The summed E-state index contributed by atoms with van der Waals surface area (Å²) in [4.78, 5) is 31.6. The van der Waals surface area contributed by atoms with Crippen molar-refractivity contribution in [2.75, 3.05) is 13.2 Å². The lowest BCUT2D eigenvalue weighted by molar-refractivity contribution is -0.123. The molecule has 1 heterocycles. The first-order chi connectivity index (χ1) is 12.8. The lowest BCUT2D eigenvalue weighted by Crippen LogP contribution is -2.31. The number of rotatable bonds is 8. The average molecular weight is 393 g/mol. The maximum atomic E-state index is 13.3. The maximum Gasteiger partial charge on any atom is 0.258 e. The van der Waals surface area contributed by atoms with Crippen LogP contribution in [0.15, 0.2) is 42.9 Å². The minimum absolute atomic E-state index is 0.0236. The predicted octanol–water partition coefficient (Wildman–Crippen LogP) is 2.41. The van der Waals surface area contributed by atoms with E-state index in [2.05, 4.69) is 27.2 Å². The summed E-state index contributed by atoms with van der Waals surface area (Å²) in [5.41, 5.74) is 0.746. The number of halogens is 2. The molecule has 0 spiro atoms. The van der Waals surface area contributed by atoms with Gasteiger partial charge in [-0.2, -0.15) is 0 Å². The lowest BCUT2D eigenvalue weighted by atomic mass is 10.2. The van der Waals surface area contributed by atoms with Gasteiger partial charge in [0.05, 0.1) is 10.6 Å². The highest BCUT2D eigenvalue weighted by Crippen LogP contribution is 2.20. The highest BCUT2D eigenvalue weighted by Gasteiger charge is 2.09. The minimum Gasteiger partial charge on any atom is -0.484 e. The number of benzene rings is 1. The van der Waals surface area contributed by atoms with E-state index in [1.54, 1.807) is 6.92 Å². The molecule has 1 aromatic heterocycles. The highest BCUT2D eigenvalue weighted by molar-refractivity contribution is 6.30. The normalized spacial score (nSPS) is 10.2. The van der Waals surface area contributed by atoms with Crippen LogP contribution in [0.4, 0.5) is 4.39 Å². The number of nitrogens with zero attached hydrogens (tertiary/aromatic N) is 2. The Labute approximate surface area is 160 Å². The number of amides is 2. The molecule has 27 heavy (non-hydrogen) atoms. The molecule has 7 nitrogen and oxygen atoms in total. The number of hydrogen-bond acceptors (Lipinski definition) is 5. The van der Waals surface area contributed by atoms with Crippen LogP contribution in [0.25, 0.3) is 0 Å². The fourth-order valence-corrected chi connectivity index (χ4v) is 2.04. The van der Waals surface area contributed by atoms with Crippen LogP contribution in [0.1, 0.15) is 22.6 Å². The quantitative estimate of drug-likeness (QED) is 0.719. The molecule has 0 atom stereocenters. The van der Waals surface area contributed by atoms with Crippen LogP contribution in [0.3, 0.4) is 0 Å². The van der Waals surface area contributed by atoms with Crippen molar-refractivity contribution in [3.05, 3.63) is 65.1 Å². The molecule has 0 saturated carbocycles. The van der Waals surface area contributed by atoms with E-state index in [1.165, 1.54) is 24.5 Å². The molecule has 2 rings (SSSR count). The number of nitrogens with one attached hydrogen (secondary N) is 2. The van der Waals surface area contributed by atoms with Gasteiger partial charge in [-0.05, 0) is 19.1 Å². The topological polar surface area (TPSA) is 93.2 Å². The number of carbonyl (C=O) groups is 2. The Morgan fingerprint density at radius 1 is 1.30 bits per heavy atom. The van der Waals surface area contributed by atoms with Gasteiger partial charge >= 0.3 is 0 Å². The van der Waals surface area contributed by atoms with Crippen LogP contribution in [-0.2, 0) is 4.79 Å². The van der Waals surface area contributed by atoms with Gasteiger partial charge < -0.3 is 15.4 Å². The van der Waals surface area contributed by atoms with E-state index in [0.717, 1.165) is 6.07 Å². The molecule has 0 unspecified atom stereocenters. The Morgan fingerprint density at radius 3 is 2.67 bits per heavy atom. The third-order valence-corrected chi connectivity index (χ3v) is 3.65. The van der Waals surface area contributed by atoms with Crippen molar-refractivity contribution < 1.29 is 18.7 Å². The Morgan fingerprint density at radius 2 is 2.00 bits per heavy atom. The van der Waals surface area contributed by atoms with E-state index in [-0.39, 0.29) is 29.8 Å². The monoisotopic (exact) mass is 392 g/mol.